The molecule has 6 heteroatoms. The van der Waals surface area contributed by atoms with Gasteiger partial charge in [0.05, 0.1) is 6.10 Å². The zero-order valence-corrected chi connectivity index (χ0v) is 17.8. The molecule has 2 aliphatic rings. The van der Waals surface area contributed by atoms with Crippen LogP contribution < -0.4 is 10.6 Å². The molecule has 1 saturated heterocycles. The predicted molar refractivity (Wildman–Crippen MR) is 112 cm³/mol. The van der Waals surface area contributed by atoms with E-state index < -0.39 is 0 Å². The fraction of sp³-hybridized carbons (Fsp3) is 0.941. The van der Waals surface area contributed by atoms with Crippen molar-refractivity contribution in [1.82, 2.24) is 10.6 Å². The monoisotopic (exact) mass is 455 g/mol. The van der Waals surface area contributed by atoms with Gasteiger partial charge in [-0.15, -0.1) is 24.0 Å². The minimum absolute atomic E-state index is 0. The van der Waals surface area contributed by atoms with E-state index in [1.165, 1.54) is 44.3 Å². The SMILES string of the molecule is CCOC(CCNC(=NC)NCC1CCCS1)C1CCCC1.I. The highest BCUT2D eigenvalue weighted by Gasteiger charge is 2.25. The number of nitrogens with zero attached hydrogens (tertiary/aromatic N) is 1. The molecule has 0 bridgehead atoms. The first-order valence-corrected chi connectivity index (χ1v) is 10.1. The van der Waals surface area contributed by atoms with E-state index in [1.807, 2.05) is 7.05 Å². The van der Waals surface area contributed by atoms with Crippen molar-refractivity contribution >= 4 is 41.7 Å². The van der Waals surface area contributed by atoms with E-state index in [4.69, 9.17) is 4.74 Å². The molecular weight excluding hydrogens is 421 g/mol. The summed E-state index contributed by atoms with van der Waals surface area (Å²) in [5.74, 6) is 3.02. The van der Waals surface area contributed by atoms with Crippen LogP contribution in [-0.2, 0) is 4.74 Å². The van der Waals surface area contributed by atoms with Crippen LogP contribution in [0.1, 0.15) is 51.9 Å². The Balaban J connectivity index is 0.00000264. The van der Waals surface area contributed by atoms with Crippen LogP contribution in [0.25, 0.3) is 0 Å². The largest absolute Gasteiger partial charge is 0.378 e. The van der Waals surface area contributed by atoms with Crippen LogP contribution >= 0.6 is 35.7 Å². The first-order chi connectivity index (χ1) is 10.8. The molecule has 0 amide bonds. The van der Waals surface area contributed by atoms with Crippen molar-refractivity contribution < 1.29 is 4.74 Å². The fourth-order valence-electron chi connectivity index (χ4n) is 3.57. The smallest absolute Gasteiger partial charge is 0.191 e. The molecule has 0 aromatic heterocycles. The van der Waals surface area contributed by atoms with Gasteiger partial charge in [0, 0.05) is 32.0 Å². The topological polar surface area (TPSA) is 45.6 Å². The number of halogens is 1. The lowest BCUT2D eigenvalue weighted by Crippen LogP contribution is -2.41. The summed E-state index contributed by atoms with van der Waals surface area (Å²) in [5, 5.41) is 7.68. The highest BCUT2D eigenvalue weighted by molar-refractivity contribution is 14.0. The second kappa shape index (κ2) is 12.6. The van der Waals surface area contributed by atoms with Gasteiger partial charge in [-0.25, -0.2) is 0 Å². The van der Waals surface area contributed by atoms with Crippen LogP contribution in [0.2, 0.25) is 0 Å². The van der Waals surface area contributed by atoms with Crippen molar-refractivity contribution in [2.45, 2.75) is 63.2 Å². The van der Waals surface area contributed by atoms with E-state index in [1.54, 1.807) is 0 Å². The lowest BCUT2D eigenvalue weighted by Gasteiger charge is -2.24. The summed E-state index contributed by atoms with van der Waals surface area (Å²) in [6.07, 6.45) is 9.64. The van der Waals surface area contributed by atoms with Gasteiger partial charge < -0.3 is 15.4 Å². The standard InChI is InChI=1S/C17H33N3OS.HI/c1-3-21-16(14-7-4-5-8-14)10-11-19-17(18-2)20-13-15-9-6-12-22-15;/h14-16H,3-13H2,1-2H3,(H2,18,19,20);1H. The van der Waals surface area contributed by atoms with Gasteiger partial charge in [-0.1, -0.05) is 12.8 Å². The van der Waals surface area contributed by atoms with Crippen LogP contribution in [0.3, 0.4) is 0 Å². The Labute approximate surface area is 163 Å². The molecule has 2 unspecified atom stereocenters. The van der Waals surface area contributed by atoms with E-state index >= 15 is 0 Å². The Morgan fingerprint density at radius 2 is 2.00 bits per heavy atom. The van der Waals surface area contributed by atoms with E-state index in [0.717, 1.165) is 43.2 Å². The van der Waals surface area contributed by atoms with Crippen molar-refractivity contribution in [1.29, 1.82) is 0 Å². The highest BCUT2D eigenvalue weighted by atomic mass is 127. The summed E-state index contributed by atoms with van der Waals surface area (Å²) < 4.78 is 5.98. The number of rotatable bonds is 8. The molecule has 2 N–H and O–H groups in total. The normalized spacial score (nSPS) is 23.6. The maximum Gasteiger partial charge on any atom is 0.191 e. The average Bonchev–Trinajstić information content (AvgIpc) is 3.22. The molecule has 0 radical (unpaired) electrons. The molecule has 1 saturated carbocycles. The Morgan fingerprint density at radius 1 is 1.22 bits per heavy atom. The molecule has 2 atom stereocenters. The predicted octanol–water partition coefficient (Wildman–Crippen LogP) is 3.65. The molecule has 1 heterocycles. The quantitative estimate of drug-likeness (QED) is 0.333. The number of hydrogen-bond acceptors (Lipinski definition) is 3. The van der Waals surface area contributed by atoms with Gasteiger partial charge >= 0.3 is 0 Å². The Kier molecular flexibility index (Phi) is 11.7. The lowest BCUT2D eigenvalue weighted by atomic mass is 9.98. The molecule has 0 spiro atoms. The number of hydrogen-bond donors (Lipinski definition) is 2. The van der Waals surface area contributed by atoms with Crippen LogP contribution in [0.5, 0.6) is 0 Å². The number of aliphatic imine (C=N–C) groups is 1. The van der Waals surface area contributed by atoms with Gasteiger partial charge in [0.1, 0.15) is 0 Å². The summed E-state index contributed by atoms with van der Waals surface area (Å²) in [4.78, 5) is 4.33. The molecule has 4 nitrogen and oxygen atoms in total. The molecule has 1 aliphatic carbocycles. The molecule has 2 rings (SSSR count). The van der Waals surface area contributed by atoms with Crippen molar-refractivity contribution in [3.8, 4) is 0 Å². The number of ether oxygens (including phenoxy) is 1. The van der Waals surface area contributed by atoms with E-state index in [0.29, 0.717) is 6.10 Å². The molecule has 0 aromatic rings. The molecule has 136 valence electrons. The third kappa shape index (κ3) is 7.82. The third-order valence-electron chi connectivity index (χ3n) is 4.77. The summed E-state index contributed by atoms with van der Waals surface area (Å²) in [5.41, 5.74) is 0. The summed E-state index contributed by atoms with van der Waals surface area (Å²) in [7, 11) is 1.86. The molecule has 0 aromatic carbocycles. The van der Waals surface area contributed by atoms with Crippen molar-refractivity contribution in [3.05, 3.63) is 0 Å². The third-order valence-corrected chi connectivity index (χ3v) is 6.17. The maximum atomic E-state index is 5.98. The molecule has 23 heavy (non-hydrogen) atoms. The molecule has 2 fully saturated rings. The average molecular weight is 455 g/mol. The van der Waals surface area contributed by atoms with E-state index in [2.05, 4.69) is 34.3 Å². The van der Waals surface area contributed by atoms with E-state index in [9.17, 15) is 0 Å². The van der Waals surface area contributed by atoms with E-state index in [-0.39, 0.29) is 24.0 Å². The summed E-state index contributed by atoms with van der Waals surface area (Å²) >= 11 is 2.08. The van der Waals surface area contributed by atoms with Crippen molar-refractivity contribution in [2.24, 2.45) is 10.9 Å². The first-order valence-electron chi connectivity index (χ1n) is 9.01. The fourth-order valence-corrected chi connectivity index (χ4v) is 4.77. The molecular formula is C17H34IN3OS. The second-order valence-electron chi connectivity index (χ2n) is 6.34. The highest BCUT2D eigenvalue weighted by Crippen LogP contribution is 2.30. The Morgan fingerprint density at radius 3 is 2.61 bits per heavy atom. The van der Waals surface area contributed by atoms with Gasteiger partial charge in [-0.05, 0) is 50.7 Å². The first kappa shape index (κ1) is 21.4. The van der Waals surface area contributed by atoms with Gasteiger partial charge in [0.25, 0.3) is 0 Å². The van der Waals surface area contributed by atoms with Crippen LogP contribution in [-0.4, -0.2) is 49.8 Å². The van der Waals surface area contributed by atoms with Crippen LogP contribution in [0, 0.1) is 5.92 Å². The summed E-state index contributed by atoms with van der Waals surface area (Å²) in [6.45, 7) is 4.91. The minimum Gasteiger partial charge on any atom is -0.378 e. The Hall–Kier alpha value is 0.310. The number of guanidine groups is 1. The van der Waals surface area contributed by atoms with Crippen LogP contribution in [0.15, 0.2) is 4.99 Å². The summed E-state index contributed by atoms with van der Waals surface area (Å²) in [6, 6.07) is 0. The van der Waals surface area contributed by atoms with Gasteiger partial charge in [0.2, 0.25) is 0 Å². The van der Waals surface area contributed by atoms with Crippen LogP contribution in [0.4, 0.5) is 0 Å². The van der Waals surface area contributed by atoms with Crippen molar-refractivity contribution in [3.63, 3.8) is 0 Å². The second-order valence-corrected chi connectivity index (χ2v) is 7.75. The van der Waals surface area contributed by atoms with Crippen molar-refractivity contribution in [2.75, 3.05) is 32.5 Å². The zero-order chi connectivity index (χ0) is 15.6. The molecule has 1 aliphatic heterocycles. The van der Waals surface area contributed by atoms with Gasteiger partial charge in [0.15, 0.2) is 5.96 Å². The number of thioether (sulfide) groups is 1. The maximum absolute atomic E-state index is 5.98. The van der Waals surface area contributed by atoms with Gasteiger partial charge in [-0.2, -0.15) is 11.8 Å². The zero-order valence-electron chi connectivity index (χ0n) is 14.7. The Bertz CT molecular complexity index is 332. The number of nitrogens with one attached hydrogen (secondary N) is 2. The lowest BCUT2D eigenvalue weighted by molar-refractivity contribution is 0.0169. The van der Waals surface area contributed by atoms with Gasteiger partial charge in [-0.3, -0.25) is 4.99 Å². The minimum atomic E-state index is 0.